The van der Waals surface area contributed by atoms with E-state index in [2.05, 4.69) is 15.3 Å². The van der Waals surface area contributed by atoms with E-state index in [0.29, 0.717) is 0 Å². The summed E-state index contributed by atoms with van der Waals surface area (Å²) in [4.78, 5) is 17.6. The van der Waals surface area contributed by atoms with Crippen LogP contribution in [0, 0.1) is 0 Å². The monoisotopic (exact) mass is 235 g/mol. The molecule has 0 saturated heterocycles. The van der Waals surface area contributed by atoms with Crippen LogP contribution in [0.25, 0.3) is 0 Å². The summed E-state index contributed by atoms with van der Waals surface area (Å²) < 4.78 is 35.4. The minimum Gasteiger partial charge on any atom is -0.476 e. The van der Waals surface area contributed by atoms with Crippen molar-refractivity contribution in [2.45, 2.75) is 12.6 Å². The first-order chi connectivity index (χ1) is 7.38. The number of halogens is 3. The average Bonchev–Trinajstić information content (AvgIpc) is 2.16. The highest BCUT2D eigenvalue weighted by molar-refractivity contribution is 5.85. The molecular formula is C8H8F3N3O2. The quantitative estimate of drug-likeness (QED) is 0.827. The van der Waals surface area contributed by atoms with E-state index in [1.165, 1.54) is 0 Å². The fourth-order valence-corrected chi connectivity index (χ4v) is 0.886. The van der Waals surface area contributed by atoms with Gasteiger partial charge >= 0.3 is 12.1 Å². The molecule has 5 nitrogen and oxygen atoms in total. The van der Waals surface area contributed by atoms with Crippen LogP contribution in [0.2, 0.25) is 0 Å². The van der Waals surface area contributed by atoms with Gasteiger partial charge in [-0.1, -0.05) is 0 Å². The molecule has 1 rings (SSSR count). The van der Waals surface area contributed by atoms with Gasteiger partial charge < -0.3 is 10.4 Å². The molecule has 0 aliphatic heterocycles. The number of carbonyl (C=O) groups is 1. The van der Waals surface area contributed by atoms with Crippen molar-refractivity contribution < 1.29 is 23.1 Å². The number of nitrogens with zero attached hydrogens (tertiary/aromatic N) is 2. The molecular weight excluding hydrogens is 227 g/mol. The molecule has 0 unspecified atom stereocenters. The Morgan fingerprint density at radius 1 is 1.44 bits per heavy atom. The Morgan fingerprint density at radius 2 is 2.12 bits per heavy atom. The van der Waals surface area contributed by atoms with Crippen molar-refractivity contribution in [3.63, 3.8) is 0 Å². The number of nitrogens with one attached hydrogen (secondary N) is 1. The molecule has 0 aliphatic carbocycles. The molecule has 2 N–H and O–H groups in total. The van der Waals surface area contributed by atoms with Crippen molar-refractivity contribution in [3.8, 4) is 0 Å². The largest absolute Gasteiger partial charge is 0.476 e. The van der Waals surface area contributed by atoms with Crippen molar-refractivity contribution >= 4 is 11.8 Å². The lowest BCUT2D eigenvalue weighted by molar-refractivity contribution is -0.131. The number of aromatic nitrogens is 2. The molecule has 0 radical (unpaired) electrons. The predicted octanol–water partition coefficient (Wildman–Crippen LogP) is 1.54. The molecule has 0 atom stereocenters. The lowest BCUT2D eigenvalue weighted by atomic mass is 10.4. The van der Waals surface area contributed by atoms with Gasteiger partial charge in [-0.3, -0.25) is 4.98 Å². The Hall–Kier alpha value is -1.86. The molecule has 1 aromatic heterocycles. The second-order valence-corrected chi connectivity index (χ2v) is 2.89. The third kappa shape index (κ3) is 4.11. The van der Waals surface area contributed by atoms with E-state index in [-0.39, 0.29) is 18.1 Å². The lowest BCUT2D eigenvalue weighted by Gasteiger charge is -2.07. The summed E-state index contributed by atoms with van der Waals surface area (Å²) in [6.07, 6.45) is -3.11. The molecule has 1 heterocycles. The minimum atomic E-state index is -4.26. The van der Waals surface area contributed by atoms with Crippen LogP contribution in [-0.4, -0.2) is 33.8 Å². The zero-order chi connectivity index (χ0) is 12.2. The fraction of sp³-hybridized carbons (Fsp3) is 0.375. The average molecular weight is 235 g/mol. The molecule has 16 heavy (non-hydrogen) atoms. The van der Waals surface area contributed by atoms with Crippen LogP contribution in [0.1, 0.15) is 16.9 Å². The fourth-order valence-electron chi connectivity index (χ4n) is 0.886. The van der Waals surface area contributed by atoms with Crippen molar-refractivity contribution in [1.29, 1.82) is 0 Å². The molecule has 88 valence electrons. The zero-order valence-electron chi connectivity index (χ0n) is 7.95. The number of rotatable bonds is 4. The van der Waals surface area contributed by atoms with E-state index >= 15 is 0 Å². The van der Waals surface area contributed by atoms with Crippen molar-refractivity contribution in [3.05, 3.63) is 18.1 Å². The van der Waals surface area contributed by atoms with Crippen LogP contribution < -0.4 is 5.32 Å². The Labute approximate surface area is 88.3 Å². The lowest BCUT2D eigenvalue weighted by Crippen LogP contribution is -2.15. The topological polar surface area (TPSA) is 75.1 Å². The van der Waals surface area contributed by atoms with Gasteiger partial charge in [0.05, 0.1) is 18.8 Å². The molecule has 0 amide bonds. The summed E-state index contributed by atoms with van der Waals surface area (Å²) >= 11 is 0. The van der Waals surface area contributed by atoms with E-state index in [0.717, 1.165) is 12.4 Å². The van der Waals surface area contributed by atoms with Gasteiger partial charge in [-0.15, -0.1) is 0 Å². The molecule has 0 bridgehead atoms. The predicted molar refractivity (Wildman–Crippen MR) is 48.2 cm³/mol. The maximum Gasteiger partial charge on any atom is 0.390 e. The van der Waals surface area contributed by atoms with Crippen LogP contribution in [0.3, 0.4) is 0 Å². The van der Waals surface area contributed by atoms with Gasteiger partial charge in [-0.05, 0) is 0 Å². The number of carboxylic acids is 1. The van der Waals surface area contributed by atoms with Crippen LogP contribution in [0.5, 0.6) is 0 Å². The minimum absolute atomic E-state index is 0.00384. The first kappa shape index (κ1) is 12.2. The smallest absolute Gasteiger partial charge is 0.390 e. The summed E-state index contributed by atoms with van der Waals surface area (Å²) in [6, 6.07) is 0. The number of alkyl halides is 3. The maximum atomic E-state index is 11.8. The third-order valence-electron chi connectivity index (χ3n) is 1.57. The van der Waals surface area contributed by atoms with E-state index < -0.39 is 18.6 Å². The number of hydrogen-bond donors (Lipinski definition) is 2. The molecule has 0 spiro atoms. The molecule has 0 aromatic carbocycles. The van der Waals surface area contributed by atoms with E-state index in [1.54, 1.807) is 0 Å². The van der Waals surface area contributed by atoms with Gasteiger partial charge in [0.15, 0.2) is 5.69 Å². The number of anilines is 1. The summed E-state index contributed by atoms with van der Waals surface area (Å²) in [6.45, 7) is -0.374. The van der Waals surface area contributed by atoms with Gasteiger partial charge in [0.2, 0.25) is 0 Å². The normalized spacial score (nSPS) is 11.2. The highest BCUT2D eigenvalue weighted by Gasteiger charge is 2.26. The summed E-state index contributed by atoms with van der Waals surface area (Å²) in [5.41, 5.74) is -0.322. The molecule has 8 heteroatoms. The van der Waals surface area contributed by atoms with Gasteiger partial charge in [0.25, 0.3) is 0 Å². The zero-order valence-corrected chi connectivity index (χ0v) is 7.95. The highest BCUT2D eigenvalue weighted by atomic mass is 19.4. The first-order valence-corrected chi connectivity index (χ1v) is 4.24. The first-order valence-electron chi connectivity index (χ1n) is 4.24. The van der Waals surface area contributed by atoms with E-state index in [4.69, 9.17) is 5.11 Å². The Morgan fingerprint density at radius 3 is 2.69 bits per heavy atom. The summed E-state index contributed by atoms with van der Waals surface area (Å²) in [5.74, 6) is -1.28. The molecule has 0 fully saturated rings. The molecule has 0 aliphatic rings. The number of aromatic carboxylic acids is 1. The summed E-state index contributed by atoms with van der Waals surface area (Å²) in [5, 5.41) is 10.9. The Bertz CT molecular complexity index is 381. The van der Waals surface area contributed by atoms with E-state index in [1.807, 2.05) is 0 Å². The second-order valence-electron chi connectivity index (χ2n) is 2.89. The van der Waals surface area contributed by atoms with Crippen molar-refractivity contribution in [1.82, 2.24) is 9.97 Å². The SMILES string of the molecule is O=C(O)c1cncc(NCCC(F)(F)F)n1. The maximum absolute atomic E-state index is 11.8. The van der Waals surface area contributed by atoms with Crippen molar-refractivity contribution in [2.24, 2.45) is 0 Å². The molecule has 0 saturated carbocycles. The van der Waals surface area contributed by atoms with Gasteiger partial charge in [-0.25, -0.2) is 9.78 Å². The number of hydrogen-bond acceptors (Lipinski definition) is 4. The summed E-state index contributed by atoms with van der Waals surface area (Å²) in [7, 11) is 0. The van der Waals surface area contributed by atoms with Gasteiger partial charge in [0, 0.05) is 6.54 Å². The standard InChI is InChI=1S/C8H8F3N3O2/c9-8(10,11)1-2-13-6-4-12-3-5(14-6)7(15)16/h3-4H,1-2H2,(H,13,14)(H,15,16). The van der Waals surface area contributed by atoms with Crippen LogP contribution in [0.4, 0.5) is 19.0 Å². The van der Waals surface area contributed by atoms with Crippen LogP contribution in [0.15, 0.2) is 12.4 Å². The van der Waals surface area contributed by atoms with Crippen LogP contribution >= 0.6 is 0 Å². The van der Waals surface area contributed by atoms with Crippen LogP contribution in [-0.2, 0) is 0 Å². The highest BCUT2D eigenvalue weighted by Crippen LogP contribution is 2.19. The van der Waals surface area contributed by atoms with Crippen molar-refractivity contribution in [2.75, 3.05) is 11.9 Å². The Balaban J connectivity index is 2.55. The molecule has 1 aromatic rings. The van der Waals surface area contributed by atoms with Gasteiger partial charge in [0.1, 0.15) is 5.82 Å². The Kier molecular flexibility index (Phi) is 3.64. The third-order valence-corrected chi connectivity index (χ3v) is 1.57. The van der Waals surface area contributed by atoms with E-state index in [9.17, 15) is 18.0 Å². The van der Waals surface area contributed by atoms with Gasteiger partial charge in [-0.2, -0.15) is 13.2 Å². The second kappa shape index (κ2) is 4.77. The number of carboxylic acid groups (broad SMARTS) is 1.